The molecule has 1 aliphatic rings. The molecule has 6 nitrogen and oxygen atoms in total. The third-order valence-corrected chi connectivity index (χ3v) is 1.70. The number of carbonyl (C=O) groups excluding carboxylic acids is 2. The van der Waals surface area contributed by atoms with Gasteiger partial charge in [-0.15, -0.1) is 0 Å². The lowest BCUT2D eigenvalue weighted by Crippen LogP contribution is -2.37. The summed E-state index contributed by atoms with van der Waals surface area (Å²) in [6.07, 6.45) is -2.90. The van der Waals surface area contributed by atoms with E-state index in [1.54, 1.807) is 0 Å². The largest absolute Gasteiger partial charge is 0.456 e. The van der Waals surface area contributed by atoms with Gasteiger partial charge in [-0.2, -0.15) is 0 Å². The Balaban J connectivity index is 2.56. The maximum Gasteiger partial charge on any atom is 0.303 e. The lowest BCUT2D eigenvalue weighted by molar-refractivity contribution is -0.174. The summed E-state index contributed by atoms with van der Waals surface area (Å²) in [6, 6.07) is 0. The van der Waals surface area contributed by atoms with Crippen molar-refractivity contribution < 1.29 is 28.9 Å². The van der Waals surface area contributed by atoms with Crippen LogP contribution in [0.25, 0.3) is 0 Å². The number of carbonyl (C=O) groups is 2. The highest BCUT2D eigenvalue weighted by Crippen LogP contribution is 2.19. The molecule has 0 aromatic rings. The van der Waals surface area contributed by atoms with Gasteiger partial charge in [0.15, 0.2) is 18.5 Å². The summed E-state index contributed by atoms with van der Waals surface area (Å²) < 4.78 is 14.3. The summed E-state index contributed by atoms with van der Waals surface area (Å²) in [4.78, 5) is 21.3. The first-order valence-electron chi connectivity index (χ1n) is 4.15. The van der Waals surface area contributed by atoms with Crippen LogP contribution in [0.1, 0.15) is 13.8 Å². The van der Waals surface area contributed by atoms with Crippen molar-refractivity contribution in [3.8, 4) is 0 Å². The Labute approximate surface area is 80.7 Å². The first-order valence-corrected chi connectivity index (χ1v) is 4.15. The molecule has 1 saturated heterocycles. The topological polar surface area (TPSA) is 82.1 Å². The van der Waals surface area contributed by atoms with E-state index in [0.717, 1.165) is 0 Å². The zero-order valence-electron chi connectivity index (χ0n) is 7.93. The first kappa shape index (κ1) is 10.9. The quantitative estimate of drug-likeness (QED) is 0.593. The molecule has 0 bridgehead atoms. The molecule has 80 valence electrons. The smallest absolute Gasteiger partial charge is 0.303 e. The van der Waals surface area contributed by atoms with Crippen LogP contribution in [0.4, 0.5) is 0 Å². The third kappa shape index (κ3) is 2.68. The van der Waals surface area contributed by atoms with Crippen LogP contribution in [0.5, 0.6) is 0 Å². The molecule has 0 aromatic heterocycles. The molecule has 14 heavy (non-hydrogen) atoms. The zero-order valence-corrected chi connectivity index (χ0v) is 7.93. The first-order chi connectivity index (χ1) is 6.50. The number of ether oxygens (including phenoxy) is 3. The van der Waals surface area contributed by atoms with Gasteiger partial charge in [0.2, 0.25) is 0 Å². The fraction of sp³-hybridized carbons (Fsp3) is 0.750. The predicted octanol–water partition coefficient (Wildman–Crippen LogP) is -0.802. The molecular weight excluding hydrogens is 192 g/mol. The molecule has 1 aliphatic heterocycles. The summed E-state index contributed by atoms with van der Waals surface area (Å²) in [5.41, 5.74) is 0. The van der Waals surface area contributed by atoms with Crippen LogP contribution < -0.4 is 0 Å². The fourth-order valence-corrected chi connectivity index (χ4v) is 1.21. The Hall–Kier alpha value is -1.14. The maximum atomic E-state index is 10.6. The van der Waals surface area contributed by atoms with Gasteiger partial charge in [0.1, 0.15) is 0 Å². The minimum atomic E-state index is -1.23. The zero-order chi connectivity index (χ0) is 10.7. The van der Waals surface area contributed by atoms with Crippen LogP contribution in [-0.4, -0.2) is 42.1 Å². The van der Waals surface area contributed by atoms with Gasteiger partial charge in [0, 0.05) is 13.8 Å². The van der Waals surface area contributed by atoms with Crippen molar-refractivity contribution in [2.75, 3.05) is 6.61 Å². The van der Waals surface area contributed by atoms with Gasteiger partial charge in [-0.3, -0.25) is 9.59 Å². The van der Waals surface area contributed by atoms with Gasteiger partial charge < -0.3 is 19.3 Å². The highest BCUT2D eigenvalue weighted by Gasteiger charge is 2.41. The summed E-state index contributed by atoms with van der Waals surface area (Å²) >= 11 is 0. The van der Waals surface area contributed by atoms with E-state index in [2.05, 4.69) is 0 Å². The minimum absolute atomic E-state index is 0.0265. The molecule has 1 heterocycles. The van der Waals surface area contributed by atoms with Crippen LogP contribution in [-0.2, 0) is 23.8 Å². The van der Waals surface area contributed by atoms with Gasteiger partial charge in [-0.05, 0) is 0 Å². The van der Waals surface area contributed by atoms with E-state index in [-0.39, 0.29) is 6.61 Å². The molecule has 1 rings (SSSR count). The van der Waals surface area contributed by atoms with Crippen LogP contribution in [0.2, 0.25) is 0 Å². The van der Waals surface area contributed by atoms with Gasteiger partial charge in [-0.25, -0.2) is 0 Å². The van der Waals surface area contributed by atoms with Crippen molar-refractivity contribution in [2.24, 2.45) is 0 Å². The van der Waals surface area contributed by atoms with Gasteiger partial charge in [0.05, 0.1) is 6.61 Å². The average molecular weight is 204 g/mol. The van der Waals surface area contributed by atoms with E-state index >= 15 is 0 Å². The highest BCUT2D eigenvalue weighted by molar-refractivity contribution is 5.67. The predicted molar refractivity (Wildman–Crippen MR) is 43.1 cm³/mol. The monoisotopic (exact) mass is 204 g/mol. The standard InChI is InChI=1S/C8H12O6/c1-4(9)13-6-3-12-8(11)7(6)14-5(2)10/h6-8,11H,3H2,1-2H3. The lowest BCUT2D eigenvalue weighted by atomic mass is 10.2. The van der Waals surface area contributed by atoms with Crippen molar-refractivity contribution in [3.63, 3.8) is 0 Å². The SMILES string of the molecule is CC(=O)OC1COC(O)C1OC(C)=O. The maximum absolute atomic E-state index is 10.6. The van der Waals surface area contributed by atoms with Crippen molar-refractivity contribution in [3.05, 3.63) is 0 Å². The third-order valence-electron chi connectivity index (χ3n) is 1.70. The number of hydrogen-bond acceptors (Lipinski definition) is 6. The minimum Gasteiger partial charge on any atom is -0.456 e. The van der Waals surface area contributed by atoms with Crippen LogP contribution in [0.3, 0.4) is 0 Å². The van der Waals surface area contributed by atoms with Crippen LogP contribution in [0.15, 0.2) is 0 Å². The number of esters is 2. The van der Waals surface area contributed by atoms with Crippen molar-refractivity contribution in [2.45, 2.75) is 32.3 Å². The van der Waals surface area contributed by atoms with Gasteiger partial charge >= 0.3 is 11.9 Å². The Morgan fingerprint density at radius 2 is 1.86 bits per heavy atom. The Bertz CT molecular complexity index is 238. The summed E-state index contributed by atoms with van der Waals surface area (Å²) in [5.74, 6) is -1.07. The van der Waals surface area contributed by atoms with Crippen molar-refractivity contribution in [1.82, 2.24) is 0 Å². The van der Waals surface area contributed by atoms with Gasteiger partial charge in [-0.1, -0.05) is 0 Å². The summed E-state index contributed by atoms with van der Waals surface area (Å²) in [6.45, 7) is 2.46. The van der Waals surface area contributed by atoms with E-state index < -0.39 is 30.4 Å². The number of aliphatic hydroxyl groups is 1. The molecule has 6 heteroatoms. The average Bonchev–Trinajstić information content (AvgIpc) is 2.34. The van der Waals surface area contributed by atoms with E-state index in [1.165, 1.54) is 13.8 Å². The molecule has 3 atom stereocenters. The van der Waals surface area contributed by atoms with E-state index in [9.17, 15) is 14.7 Å². The second-order valence-corrected chi connectivity index (χ2v) is 2.95. The van der Waals surface area contributed by atoms with Crippen LogP contribution >= 0.6 is 0 Å². The Morgan fingerprint density at radius 1 is 1.29 bits per heavy atom. The second-order valence-electron chi connectivity index (χ2n) is 2.95. The molecule has 1 N–H and O–H groups in total. The molecule has 0 saturated carbocycles. The Kier molecular flexibility index (Phi) is 3.43. The summed E-state index contributed by atoms with van der Waals surface area (Å²) in [5, 5.41) is 9.23. The fourth-order valence-electron chi connectivity index (χ4n) is 1.21. The normalized spacial score (nSPS) is 31.2. The van der Waals surface area contributed by atoms with Crippen molar-refractivity contribution >= 4 is 11.9 Å². The highest BCUT2D eigenvalue weighted by atomic mass is 16.7. The summed E-state index contributed by atoms with van der Waals surface area (Å²) in [7, 11) is 0. The molecular formula is C8H12O6. The van der Waals surface area contributed by atoms with Gasteiger partial charge in [0.25, 0.3) is 0 Å². The van der Waals surface area contributed by atoms with E-state index in [0.29, 0.717) is 0 Å². The molecule has 0 radical (unpaired) electrons. The lowest BCUT2D eigenvalue weighted by Gasteiger charge is -2.18. The van der Waals surface area contributed by atoms with E-state index in [1.807, 2.05) is 0 Å². The molecule has 0 spiro atoms. The molecule has 1 fully saturated rings. The van der Waals surface area contributed by atoms with E-state index in [4.69, 9.17) is 14.2 Å². The molecule has 3 unspecified atom stereocenters. The second kappa shape index (κ2) is 4.39. The van der Waals surface area contributed by atoms with Crippen molar-refractivity contribution in [1.29, 1.82) is 0 Å². The number of aliphatic hydroxyl groups excluding tert-OH is 1. The number of hydrogen-bond donors (Lipinski definition) is 1. The number of rotatable bonds is 2. The molecule has 0 amide bonds. The Morgan fingerprint density at radius 3 is 2.36 bits per heavy atom. The molecule has 0 aromatic carbocycles. The van der Waals surface area contributed by atoms with Crippen LogP contribution in [0, 0.1) is 0 Å². The molecule has 0 aliphatic carbocycles.